The van der Waals surface area contributed by atoms with Crippen molar-refractivity contribution < 1.29 is 9.22 Å². The molecule has 0 spiro atoms. The van der Waals surface area contributed by atoms with Gasteiger partial charge >= 0.3 is 0 Å². The van der Waals surface area contributed by atoms with Crippen LogP contribution in [0.5, 0.6) is 0 Å². The van der Waals surface area contributed by atoms with E-state index in [2.05, 4.69) is 60.4 Å². The highest BCUT2D eigenvalue weighted by atomic mass is 28.4. The van der Waals surface area contributed by atoms with Gasteiger partial charge in [0.25, 0.3) is 0 Å². The van der Waals surface area contributed by atoms with E-state index in [9.17, 15) is 4.79 Å². The van der Waals surface area contributed by atoms with Crippen LogP contribution in [0.25, 0.3) is 0 Å². The van der Waals surface area contributed by atoms with Crippen molar-refractivity contribution in [2.24, 2.45) is 17.3 Å². The van der Waals surface area contributed by atoms with E-state index < -0.39 is 8.32 Å². The molecule has 1 fully saturated rings. The molecule has 0 heterocycles. The summed E-state index contributed by atoms with van der Waals surface area (Å²) in [6.45, 7) is 20.2. The van der Waals surface area contributed by atoms with Gasteiger partial charge in [-0.3, -0.25) is 4.79 Å². The first-order valence-electron chi connectivity index (χ1n) is 9.08. The van der Waals surface area contributed by atoms with E-state index in [1.807, 2.05) is 6.26 Å². The zero-order chi connectivity index (χ0) is 18.3. The molecule has 0 amide bonds. The van der Waals surface area contributed by atoms with Gasteiger partial charge in [-0.2, -0.15) is 0 Å². The molecule has 0 aromatic rings. The van der Waals surface area contributed by atoms with Gasteiger partial charge in [0.2, 0.25) is 8.32 Å². The molecule has 2 nitrogen and oxygen atoms in total. The van der Waals surface area contributed by atoms with Crippen molar-refractivity contribution in [1.29, 1.82) is 0 Å². The van der Waals surface area contributed by atoms with Gasteiger partial charge in [0.05, 0.1) is 6.26 Å². The Bertz CT molecular complexity index is 587. The van der Waals surface area contributed by atoms with Crippen LogP contribution in [-0.4, -0.2) is 14.6 Å². The number of carbonyl (C=O) groups is 1. The van der Waals surface area contributed by atoms with Crippen molar-refractivity contribution in [3.8, 4) is 0 Å². The van der Waals surface area contributed by atoms with Gasteiger partial charge < -0.3 is 4.43 Å². The molecule has 2 rings (SSSR count). The molecule has 134 valence electrons. The van der Waals surface area contributed by atoms with Crippen molar-refractivity contribution in [2.75, 3.05) is 0 Å². The standard InChI is InChI=1S/C21H34O2Si/c1-15-9-18(14-23-24(7,8)20(2,3)4)17(13-22)10-16-11-21(5,6)12-19(15)16/h10,13-14,16,19H,1,9,11-12H2,2-8H3/b18-14-/t16-,19-/m1/s1. The summed E-state index contributed by atoms with van der Waals surface area (Å²) in [6, 6.07) is 0. The third-order valence-electron chi connectivity index (χ3n) is 6.21. The van der Waals surface area contributed by atoms with Crippen LogP contribution in [0.4, 0.5) is 0 Å². The number of carbonyl (C=O) groups excluding carboxylic acids is 1. The Hall–Kier alpha value is -1.09. The van der Waals surface area contributed by atoms with Gasteiger partial charge in [0.15, 0.2) is 0 Å². The fraction of sp³-hybridized carbons (Fsp3) is 0.667. The molecular weight excluding hydrogens is 312 g/mol. The van der Waals surface area contributed by atoms with Gasteiger partial charge in [-0.05, 0) is 60.2 Å². The normalized spacial score (nSPS) is 29.0. The Labute approximate surface area is 149 Å². The molecule has 0 radical (unpaired) electrons. The summed E-state index contributed by atoms with van der Waals surface area (Å²) in [4.78, 5) is 11.7. The monoisotopic (exact) mass is 346 g/mol. The van der Waals surface area contributed by atoms with Crippen LogP contribution in [0.3, 0.4) is 0 Å². The molecular formula is C21H34O2Si. The lowest BCUT2D eigenvalue weighted by Crippen LogP contribution is -2.39. The van der Waals surface area contributed by atoms with E-state index in [0.717, 1.165) is 36.7 Å². The van der Waals surface area contributed by atoms with Gasteiger partial charge in [0, 0.05) is 5.57 Å². The second-order valence-electron chi connectivity index (χ2n) is 9.94. The lowest BCUT2D eigenvalue weighted by atomic mass is 9.87. The van der Waals surface area contributed by atoms with Crippen LogP contribution in [-0.2, 0) is 9.22 Å². The first kappa shape index (κ1) is 19.2. The quantitative estimate of drug-likeness (QED) is 0.270. The zero-order valence-corrected chi connectivity index (χ0v) is 17.5. The summed E-state index contributed by atoms with van der Waals surface area (Å²) in [7, 11) is -1.87. The van der Waals surface area contributed by atoms with Crippen LogP contribution < -0.4 is 0 Å². The second-order valence-corrected chi connectivity index (χ2v) is 14.7. The first-order chi connectivity index (χ1) is 10.9. The molecule has 0 N–H and O–H groups in total. The lowest BCUT2D eigenvalue weighted by molar-refractivity contribution is -0.104. The number of hydrogen-bond acceptors (Lipinski definition) is 2. The Morgan fingerprint density at radius 2 is 1.92 bits per heavy atom. The SMILES string of the molecule is C=C1C/C(=C/O[Si](C)(C)C(C)(C)C)C(C=O)=C[C@@H]2CC(C)(C)C[C@H]12. The molecule has 0 bridgehead atoms. The molecule has 0 aromatic carbocycles. The summed E-state index contributed by atoms with van der Waals surface area (Å²) in [5.74, 6) is 0.931. The molecule has 24 heavy (non-hydrogen) atoms. The maximum absolute atomic E-state index is 11.7. The van der Waals surface area contributed by atoms with Crippen LogP contribution in [0, 0.1) is 17.3 Å². The van der Waals surface area contributed by atoms with E-state index in [4.69, 9.17) is 4.43 Å². The Morgan fingerprint density at radius 1 is 1.29 bits per heavy atom. The average Bonchev–Trinajstić information content (AvgIpc) is 2.68. The third-order valence-corrected chi connectivity index (χ3v) is 10.5. The minimum Gasteiger partial charge on any atom is -0.549 e. The predicted molar refractivity (Wildman–Crippen MR) is 104 cm³/mol. The maximum atomic E-state index is 11.7. The fourth-order valence-electron chi connectivity index (χ4n) is 3.67. The van der Waals surface area contributed by atoms with Crippen LogP contribution in [0.2, 0.25) is 18.1 Å². The molecule has 1 saturated carbocycles. The van der Waals surface area contributed by atoms with E-state index in [-0.39, 0.29) is 5.04 Å². The molecule has 3 heteroatoms. The number of rotatable bonds is 3. The Kier molecular flexibility index (Phi) is 5.07. The summed E-state index contributed by atoms with van der Waals surface area (Å²) in [5.41, 5.74) is 3.40. The highest BCUT2D eigenvalue weighted by Gasteiger charge is 2.41. The molecule has 2 atom stereocenters. The van der Waals surface area contributed by atoms with Gasteiger partial charge in [-0.25, -0.2) is 0 Å². The first-order valence-corrected chi connectivity index (χ1v) is 12.0. The summed E-state index contributed by atoms with van der Waals surface area (Å²) in [5, 5.41) is 0.150. The fourth-order valence-corrected chi connectivity index (χ4v) is 4.46. The number of aldehydes is 1. The van der Waals surface area contributed by atoms with Crippen molar-refractivity contribution in [2.45, 2.75) is 72.0 Å². The smallest absolute Gasteiger partial charge is 0.249 e. The largest absolute Gasteiger partial charge is 0.549 e. The highest BCUT2D eigenvalue weighted by molar-refractivity contribution is 6.74. The minimum atomic E-state index is -1.87. The molecule has 0 aliphatic heterocycles. The van der Waals surface area contributed by atoms with Crippen LogP contribution in [0.15, 0.2) is 35.6 Å². The number of allylic oxidation sites excluding steroid dienone is 4. The zero-order valence-electron chi connectivity index (χ0n) is 16.5. The summed E-state index contributed by atoms with van der Waals surface area (Å²) in [6.07, 6.45) is 8.11. The van der Waals surface area contributed by atoms with E-state index in [1.54, 1.807) is 0 Å². The van der Waals surface area contributed by atoms with Gasteiger partial charge in [-0.15, -0.1) is 0 Å². The third kappa shape index (κ3) is 3.93. The predicted octanol–water partition coefficient (Wildman–Crippen LogP) is 6.03. The van der Waals surface area contributed by atoms with Crippen molar-refractivity contribution >= 4 is 14.6 Å². The maximum Gasteiger partial charge on any atom is 0.249 e. The van der Waals surface area contributed by atoms with Gasteiger partial charge in [-0.1, -0.05) is 52.8 Å². The van der Waals surface area contributed by atoms with Crippen molar-refractivity contribution in [3.05, 3.63) is 35.6 Å². The molecule has 0 unspecified atom stereocenters. The number of fused-ring (bicyclic) bond motifs is 1. The lowest BCUT2D eigenvalue weighted by Gasteiger charge is -2.35. The molecule has 0 aromatic heterocycles. The Balaban J connectivity index is 2.30. The van der Waals surface area contributed by atoms with E-state index >= 15 is 0 Å². The van der Waals surface area contributed by atoms with E-state index in [0.29, 0.717) is 17.3 Å². The molecule has 0 saturated heterocycles. The Morgan fingerprint density at radius 3 is 2.46 bits per heavy atom. The molecule has 2 aliphatic carbocycles. The summed E-state index contributed by atoms with van der Waals surface area (Å²) < 4.78 is 6.27. The molecule has 2 aliphatic rings. The minimum absolute atomic E-state index is 0.150. The second kappa shape index (κ2) is 6.33. The van der Waals surface area contributed by atoms with Crippen molar-refractivity contribution in [3.63, 3.8) is 0 Å². The van der Waals surface area contributed by atoms with Crippen molar-refractivity contribution in [1.82, 2.24) is 0 Å². The topological polar surface area (TPSA) is 26.3 Å². The summed E-state index contributed by atoms with van der Waals surface area (Å²) >= 11 is 0. The van der Waals surface area contributed by atoms with Crippen LogP contribution >= 0.6 is 0 Å². The number of hydrogen-bond donors (Lipinski definition) is 0. The average molecular weight is 347 g/mol. The van der Waals surface area contributed by atoms with Crippen LogP contribution in [0.1, 0.15) is 53.9 Å². The van der Waals surface area contributed by atoms with Gasteiger partial charge in [0.1, 0.15) is 6.29 Å². The van der Waals surface area contributed by atoms with E-state index in [1.165, 1.54) is 5.57 Å². The highest BCUT2D eigenvalue weighted by Crippen LogP contribution is 2.51.